The highest BCUT2D eigenvalue weighted by molar-refractivity contribution is 7.93. The quantitative estimate of drug-likeness (QED) is 0.538. The lowest BCUT2D eigenvalue weighted by Gasteiger charge is -2.23. The Morgan fingerprint density at radius 1 is 0.871 bits per heavy atom. The van der Waals surface area contributed by atoms with Crippen molar-refractivity contribution in [2.75, 3.05) is 18.5 Å². The van der Waals surface area contributed by atoms with Crippen LogP contribution in [-0.2, 0) is 16.4 Å². The molecule has 0 saturated carbocycles. The molecule has 0 bridgehead atoms. The van der Waals surface area contributed by atoms with Crippen LogP contribution in [0.15, 0.2) is 71.6 Å². The Balaban J connectivity index is 2.18. The number of methoxy groups -OCH3 is 2. The number of carbonyl (C=O) groups excluding carboxylic acids is 1. The van der Waals surface area contributed by atoms with Crippen LogP contribution in [-0.4, -0.2) is 28.5 Å². The molecule has 7 heteroatoms. The average Bonchev–Trinajstić information content (AvgIpc) is 2.79. The van der Waals surface area contributed by atoms with Gasteiger partial charge >= 0.3 is 0 Å². The second kappa shape index (κ2) is 9.22. The van der Waals surface area contributed by atoms with Gasteiger partial charge in [0.25, 0.3) is 15.9 Å². The smallest absolute Gasteiger partial charge is 0.272 e. The van der Waals surface area contributed by atoms with Gasteiger partial charge in [0.2, 0.25) is 0 Å². The Morgan fingerprint density at radius 3 is 1.90 bits per heavy atom. The molecule has 162 valence electrons. The fraction of sp³-hybridized carbons (Fsp3) is 0.208. The minimum Gasteiger partial charge on any atom is -0.497 e. The monoisotopic (exact) mass is 439 g/mol. The highest BCUT2D eigenvalue weighted by Crippen LogP contribution is 2.29. The lowest BCUT2D eigenvalue weighted by Crippen LogP contribution is -2.37. The van der Waals surface area contributed by atoms with E-state index in [1.165, 1.54) is 38.5 Å². The van der Waals surface area contributed by atoms with Gasteiger partial charge in [-0.25, -0.2) is 8.42 Å². The van der Waals surface area contributed by atoms with Crippen molar-refractivity contribution >= 4 is 21.6 Å². The van der Waals surface area contributed by atoms with E-state index in [0.717, 1.165) is 21.9 Å². The van der Waals surface area contributed by atoms with Crippen molar-refractivity contribution < 1.29 is 22.7 Å². The van der Waals surface area contributed by atoms with E-state index < -0.39 is 15.9 Å². The summed E-state index contributed by atoms with van der Waals surface area (Å²) >= 11 is 0. The van der Waals surface area contributed by atoms with Crippen LogP contribution in [0.4, 0.5) is 5.69 Å². The number of anilines is 1. The zero-order valence-electron chi connectivity index (χ0n) is 18.0. The molecule has 0 spiro atoms. The van der Waals surface area contributed by atoms with Gasteiger partial charge in [0.05, 0.1) is 24.8 Å². The lowest BCUT2D eigenvalue weighted by molar-refractivity contribution is 0.100. The highest BCUT2D eigenvalue weighted by atomic mass is 32.2. The Morgan fingerprint density at radius 2 is 1.42 bits per heavy atom. The first-order valence-electron chi connectivity index (χ1n) is 9.78. The second-order valence-corrected chi connectivity index (χ2v) is 8.80. The van der Waals surface area contributed by atoms with Crippen molar-refractivity contribution in [2.45, 2.75) is 25.2 Å². The topological polar surface area (TPSA) is 72.9 Å². The van der Waals surface area contributed by atoms with Gasteiger partial charge in [-0.2, -0.15) is 4.31 Å². The summed E-state index contributed by atoms with van der Waals surface area (Å²) in [6.07, 6.45) is 0.798. The minimum atomic E-state index is -4.17. The summed E-state index contributed by atoms with van der Waals surface area (Å²) in [6.45, 7) is 3.87. The third-order valence-corrected chi connectivity index (χ3v) is 6.65. The first-order valence-corrected chi connectivity index (χ1v) is 11.2. The maximum atomic E-state index is 13.6. The average molecular weight is 440 g/mol. The van der Waals surface area contributed by atoms with Crippen molar-refractivity contribution in [3.63, 3.8) is 0 Å². The predicted molar refractivity (Wildman–Crippen MR) is 121 cm³/mol. The summed E-state index contributed by atoms with van der Waals surface area (Å²) < 4.78 is 38.4. The molecule has 0 atom stereocenters. The second-order valence-electron chi connectivity index (χ2n) is 7.01. The molecule has 31 heavy (non-hydrogen) atoms. The highest BCUT2D eigenvalue weighted by Gasteiger charge is 2.32. The fourth-order valence-electron chi connectivity index (χ4n) is 3.10. The number of benzene rings is 3. The Labute approximate surface area is 183 Å². The maximum absolute atomic E-state index is 13.6. The number of hydrogen-bond acceptors (Lipinski definition) is 5. The molecule has 0 radical (unpaired) electrons. The summed E-state index contributed by atoms with van der Waals surface area (Å²) in [5.41, 5.74) is 2.34. The summed E-state index contributed by atoms with van der Waals surface area (Å²) in [4.78, 5) is 13.6. The fourth-order valence-corrected chi connectivity index (χ4v) is 4.51. The van der Waals surface area contributed by atoms with Gasteiger partial charge in [0.15, 0.2) is 0 Å². The molecule has 0 fully saturated rings. The van der Waals surface area contributed by atoms with E-state index >= 15 is 0 Å². The van der Waals surface area contributed by atoms with Crippen LogP contribution in [0, 0.1) is 6.92 Å². The van der Waals surface area contributed by atoms with Crippen LogP contribution < -0.4 is 13.8 Å². The number of amides is 1. The van der Waals surface area contributed by atoms with Crippen molar-refractivity contribution in [2.24, 2.45) is 0 Å². The van der Waals surface area contributed by atoms with Crippen LogP contribution >= 0.6 is 0 Å². The molecule has 0 N–H and O–H groups in total. The van der Waals surface area contributed by atoms with Crippen molar-refractivity contribution in [1.29, 1.82) is 0 Å². The van der Waals surface area contributed by atoms with E-state index in [1.54, 1.807) is 30.3 Å². The van der Waals surface area contributed by atoms with Crippen LogP contribution in [0.25, 0.3) is 0 Å². The Hall–Kier alpha value is -3.32. The molecule has 0 saturated heterocycles. The molecule has 6 nitrogen and oxygen atoms in total. The molecule has 3 rings (SSSR count). The van der Waals surface area contributed by atoms with Gasteiger partial charge in [0.1, 0.15) is 11.5 Å². The number of rotatable bonds is 7. The molecule has 0 aliphatic carbocycles. The molecule has 3 aromatic rings. The molecule has 1 amide bonds. The Kier molecular flexibility index (Phi) is 6.65. The Bertz CT molecular complexity index is 1150. The number of ether oxygens (including phenoxy) is 2. The molecule has 0 heterocycles. The largest absolute Gasteiger partial charge is 0.497 e. The van der Waals surface area contributed by atoms with Crippen molar-refractivity contribution in [3.8, 4) is 11.5 Å². The maximum Gasteiger partial charge on any atom is 0.272 e. The molecular weight excluding hydrogens is 414 g/mol. The third kappa shape index (κ3) is 4.72. The summed E-state index contributed by atoms with van der Waals surface area (Å²) in [7, 11) is -1.24. The first kappa shape index (κ1) is 22.4. The van der Waals surface area contributed by atoms with Gasteiger partial charge in [-0.3, -0.25) is 4.79 Å². The molecular formula is C24H25NO5S. The zero-order valence-corrected chi connectivity index (χ0v) is 18.8. The summed E-state index contributed by atoms with van der Waals surface area (Å²) in [5.74, 6) is 0.0652. The van der Waals surface area contributed by atoms with Crippen LogP contribution in [0.1, 0.15) is 28.4 Å². The van der Waals surface area contributed by atoms with E-state index in [0.29, 0.717) is 11.5 Å². The number of aryl methyl sites for hydroxylation is 2. The van der Waals surface area contributed by atoms with E-state index in [9.17, 15) is 13.2 Å². The van der Waals surface area contributed by atoms with Crippen LogP contribution in [0.2, 0.25) is 0 Å². The van der Waals surface area contributed by atoms with E-state index in [2.05, 4.69) is 0 Å². The zero-order chi connectivity index (χ0) is 22.6. The number of carbonyl (C=O) groups is 1. The SMILES string of the molecule is CCc1ccc(N(C(=O)c2cc(OC)cc(OC)c2)S(=O)(=O)c2ccc(C)cc2)cc1. The molecule has 0 unspecified atom stereocenters. The first-order chi connectivity index (χ1) is 14.8. The van der Waals surface area contributed by atoms with Gasteiger partial charge in [-0.15, -0.1) is 0 Å². The van der Waals surface area contributed by atoms with Gasteiger partial charge in [-0.1, -0.05) is 36.8 Å². The van der Waals surface area contributed by atoms with Crippen LogP contribution in [0.3, 0.4) is 0 Å². The molecule has 3 aromatic carbocycles. The van der Waals surface area contributed by atoms with Crippen molar-refractivity contribution in [1.82, 2.24) is 0 Å². The van der Waals surface area contributed by atoms with Gasteiger partial charge < -0.3 is 9.47 Å². The minimum absolute atomic E-state index is 0.0286. The number of nitrogens with zero attached hydrogens (tertiary/aromatic N) is 1. The summed E-state index contributed by atoms with van der Waals surface area (Å²) in [6, 6.07) is 17.9. The normalized spacial score (nSPS) is 11.1. The molecule has 0 aliphatic rings. The molecule has 0 aromatic heterocycles. The van der Waals surface area contributed by atoms with Crippen LogP contribution in [0.5, 0.6) is 11.5 Å². The standard InChI is InChI=1S/C24H25NO5S/c1-5-18-8-10-20(11-9-18)25(31(27,28)23-12-6-17(2)7-13-23)24(26)19-14-21(29-3)16-22(15-19)30-4/h6-16H,5H2,1-4H3. The van der Waals surface area contributed by atoms with E-state index in [4.69, 9.17) is 9.47 Å². The predicted octanol–water partition coefficient (Wildman–Crippen LogP) is 4.61. The van der Waals surface area contributed by atoms with E-state index in [-0.39, 0.29) is 16.1 Å². The molecule has 0 aliphatic heterocycles. The van der Waals surface area contributed by atoms with Gasteiger partial charge in [0, 0.05) is 11.6 Å². The van der Waals surface area contributed by atoms with Crippen molar-refractivity contribution in [3.05, 3.63) is 83.4 Å². The summed E-state index contributed by atoms with van der Waals surface area (Å²) in [5, 5.41) is 0. The van der Waals surface area contributed by atoms with E-state index in [1.807, 2.05) is 26.0 Å². The lowest BCUT2D eigenvalue weighted by atomic mass is 10.1. The number of hydrogen-bond donors (Lipinski definition) is 0. The number of sulfonamides is 1. The third-order valence-electron chi connectivity index (χ3n) is 4.92. The van der Waals surface area contributed by atoms with Gasteiger partial charge in [-0.05, 0) is 55.3 Å².